The molecule has 1 aliphatic heterocycles. The van der Waals surface area contributed by atoms with E-state index in [4.69, 9.17) is 0 Å². The lowest BCUT2D eigenvalue weighted by Crippen LogP contribution is -2.33. The van der Waals surface area contributed by atoms with Gasteiger partial charge in [-0.2, -0.15) is 0 Å². The third-order valence-corrected chi connectivity index (χ3v) is 4.84. The van der Waals surface area contributed by atoms with E-state index in [0.29, 0.717) is 19.6 Å². The maximum Gasteiger partial charge on any atom is 0.225 e. The van der Waals surface area contributed by atoms with Crippen molar-refractivity contribution in [2.24, 2.45) is 5.92 Å². The molecule has 0 aromatic heterocycles. The van der Waals surface area contributed by atoms with Gasteiger partial charge in [0.2, 0.25) is 17.7 Å². The number of nitrogens with one attached hydrogen (secondary N) is 2. The number of carbonyl (C=O) groups excluding carboxylic acids is 3. The third kappa shape index (κ3) is 5.42. The first-order valence-electron chi connectivity index (χ1n) is 9.47. The molecule has 0 saturated carbocycles. The summed E-state index contributed by atoms with van der Waals surface area (Å²) in [6, 6.07) is 17.3. The molecule has 6 nitrogen and oxygen atoms in total. The van der Waals surface area contributed by atoms with E-state index in [1.165, 1.54) is 12.5 Å². The quantitative estimate of drug-likeness (QED) is 0.775. The first-order chi connectivity index (χ1) is 13.5. The summed E-state index contributed by atoms with van der Waals surface area (Å²) in [4.78, 5) is 37.5. The van der Waals surface area contributed by atoms with E-state index in [9.17, 15) is 14.4 Å². The van der Waals surface area contributed by atoms with Crippen molar-refractivity contribution in [3.63, 3.8) is 0 Å². The van der Waals surface area contributed by atoms with E-state index >= 15 is 0 Å². The van der Waals surface area contributed by atoms with Gasteiger partial charge in [0, 0.05) is 38.7 Å². The number of rotatable bonds is 7. The normalized spacial score (nSPS) is 16.1. The van der Waals surface area contributed by atoms with Crippen LogP contribution < -0.4 is 10.6 Å². The highest BCUT2D eigenvalue weighted by Crippen LogP contribution is 2.19. The van der Waals surface area contributed by atoms with Crippen LogP contribution in [0.4, 0.5) is 5.69 Å². The molecule has 1 atom stereocenters. The van der Waals surface area contributed by atoms with Crippen LogP contribution in [0.15, 0.2) is 54.6 Å². The molecule has 1 heterocycles. The summed E-state index contributed by atoms with van der Waals surface area (Å²) in [6.07, 6.45) is 1.06. The maximum atomic E-state index is 12.4. The van der Waals surface area contributed by atoms with Gasteiger partial charge in [-0.3, -0.25) is 14.4 Å². The Balaban J connectivity index is 1.45. The minimum Gasteiger partial charge on any atom is -0.352 e. The molecule has 0 aliphatic carbocycles. The first kappa shape index (κ1) is 19.6. The van der Waals surface area contributed by atoms with E-state index in [1.807, 2.05) is 42.5 Å². The highest BCUT2D eigenvalue weighted by Gasteiger charge is 2.33. The maximum absolute atomic E-state index is 12.4. The van der Waals surface area contributed by atoms with Crippen molar-refractivity contribution in [1.82, 2.24) is 10.2 Å². The summed E-state index contributed by atoms with van der Waals surface area (Å²) in [7, 11) is 0. The van der Waals surface area contributed by atoms with Gasteiger partial charge in [0.1, 0.15) is 0 Å². The minimum absolute atomic E-state index is 0.0377. The van der Waals surface area contributed by atoms with Gasteiger partial charge in [0.15, 0.2) is 0 Å². The van der Waals surface area contributed by atoms with Crippen molar-refractivity contribution >= 4 is 23.4 Å². The number of benzene rings is 2. The second-order valence-corrected chi connectivity index (χ2v) is 7.07. The molecule has 1 saturated heterocycles. The number of nitrogens with zero attached hydrogens (tertiary/aromatic N) is 1. The Kier molecular flexibility index (Phi) is 6.42. The van der Waals surface area contributed by atoms with E-state index in [1.54, 1.807) is 17.0 Å². The highest BCUT2D eigenvalue weighted by molar-refractivity contribution is 5.89. The molecule has 6 heteroatoms. The molecule has 2 aromatic carbocycles. The molecule has 1 fully saturated rings. The third-order valence-electron chi connectivity index (χ3n) is 4.84. The monoisotopic (exact) mass is 379 g/mol. The number of hydrogen-bond acceptors (Lipinski definition) is 3. The topological polar surface area (TPSA) is 78.5 Å². The summed E-state index contributed by atoms with van der Waals surface area (Å²) in [5.41, 5.74) is 2.84. The average Bonchev–Trinajstić information content (AvgIpc) is 3.07. The van der Waals surface area contributed by atoms with Gasteiger partial charge in [-0.15, -0.1) is 0 Å². The number of likely N-dealkylation sites (tertiary alicyclic amines) is 1. The van der Waals surface area contributed by atoms with Crippen molar-refractivity contribution < 1.29 is 14.4 Å². The van der Waals surface area contributed by atoms with Gasteiger partial charge in [-0.05, 0) is 29.7 Å². The Bertz CT molecular complexity index is 834. The molecule has 0 radical (unpaired) electrons. The summed E-state index contributed by atoms with van der Waals surface area (Å²) >= 11 is 0. The van der Waals surface area contributed by atoms with Crippen molar-refractivity contribution in [3.05, 3.63) is 65.7 Å². The Morgan fingerprint density at radius 2 is 1.75 bits per heavy atom. The van der Waals surface area contributed by atoms with Gasteiger partial charge in [0.25, 0.3) is 0 Å². The molecule has 3 amide bonds. The van der Waals surface area contributed by atoms with Crippen LogP contribution in [0.5, 0.6) is 0 Å². The van der Waals surface area contributed by atoms with Crippen LogP contribution in [-0.4, -0.2) is 35.7 Å². The lowest BCUT2D eigenvalue weighted by Gasteiger charge is -2.16. The van der Waals surface area contributed by atoms with Crippen LogP contribution in [0, 0.1) is 5.92 Å². The van der Waals surface area contributed by atoms with Crippen molar-refractivity contribution in [2.45, 2.75) is 26.3 Å². The SMILES string of the molecule is CC(=O)Nc1ccc(CNC(=O)C2CC(=O)N(CCc3ccccc3)C2)cc1. The highest BCUT2D eigenvalue weighted by atomic mass is 16.2. The summed E-state index contributed by atoms with van der Waals surface area (Å²) in [5.74, 6) is -0.483. The zero-order valence-electron chi connectivity index (χ0n) is 16.0. The standard InChI is InChI=1S/C22H25N3O3/c1-16(26)24-20-9-7-18(8-10-20)14-23-22(28)19-13-21(27)25(15-19)12-11-17-5-3-2-4-6-17/h2-10,19H,11-15H2,1H3,(H,23,28)(H,24,26). The molecular weight excluding hydrogens is 354 g/mol. The zero-order valence-corrected chi connectivity index (χ0v) is 16.0. The molecular formula is C22H25N3O3. The predicted molar refractivity (Wildman–Crippen MR) is 107 cm³/mol. The van der Waals surface area contributed by atoms with E-state index in [-0.39, 0.29) is 30.1 Å². The fourth-order valence-corrected chi connectivity index (χ4v) is 3.32. The molecule has 28 heavy (non-hydrogen) atoms. The van der Waals surface area contributed by atoms with Crippen molar-refractivity contribution in [2.75, 3.05) is 18.4 Å². The number of carbonyl (C=O) groups is 3. The Labute approximate surface area is 164 Å². The molecule has 1 unspecified atom stereocenters. The lowest BCUT2D eigenvalue weighted by atomic mass is 10.1. The van der Waals surface area contributed by atoms with Gasteiger partial charge in [-0.25, -0.2) is 0 Å². The van der Waals surface area contributed by atoms with Crippen molar-refractivity contribution in [3.8, 4) is 0 Å². The molecule has 0 spiro atoms. The fraction of sp³-hybridized carbons (Fsp3) is 0.318. The average molecular weight is 379 g/mol. The molecule has 2 aromatic rings. The summed E-state index contributed by atoms with van der Waals surface area (Å²) in [5, 5.41) is 5.62. The largest absolute Gasteiger partial charge is 0.352 e. The zero-order chi connectivity index (χ0) is 19.9. The second kappa shape index (κ2) is 9.17. The number of hydrogen-bond donors (Lipinski definition) is 2. The Morgan fingerprint density at radius 1 is 1.04 bits per heavy atom. The molecule has 0 bridgehead atoms. The van der Waals surface area contributed by atoms with Gasteiger partial charge >= 0.3 is 0 Å². The predicted octanol–water partition coefficient (Wildman–Crippen LogP) is 2.35. The smallest absolute Gasteiger partial charge is 0.225 e. The van der Waals surface area contributed by atoms with Crippen LogP contribution >= 0.6 is 0 Å². The summed E-state index contributed by atoms with van der Waals surface area (Å²) < 4.78 is 0. The van der Waals surface area contributed by atoms with Crippen LogP contribution in [0.2, 0.25) is 0 Å². The number of anilines is 1. The molecule has 146 valence electrons. The van der Waals surface area contributed by atoms with Crippen LogP contribution in [0.1, 0.15) is 24.5 Å². The van der Waals surface area contributed by atoms with E-state index < -0.39 is 0 Å². The Morgan fingerprint density at radius 3 is 2.43 bits per heavy atom. The Hall–Kier alpha value is -3.15. The molecule has 3 rings (SSSR count). The minimum atomic E-state index is -0.304. The molecule has 1 aliphatic rings. The van der Waals surface area contributed by atoms with Gasteiger partial charge < -0.3 is 15.5 Å². The van der Waals surface area contributed by atoms with Crippen LogP contribution in [0.25, 0.3) is 0 Å². The van der Waals surface area contributed by atoms with Crippen LogP contribution in [0.3, 0.4) is 0 Å². The van der Waals surface area contributed by atoms with E-state index in [0.717, 1.165) is 17.7 Å². The second-order valence-electron chi connectivity index (χ2n) is 7.07. The lowest BCUT2D eigenvalue weighted by molar-refractivity contribution is -0.129. The van der Waals surface area contributed by atoms with Gasteiger partial charge in [-0.1, -0.05) is 42.5 Å². The summed E-state index contributed by atoms with van der Waals surface area (Å²) in [6.45, 7) is 2.96. The number of amides is 3. The van der Waals surface area contributed by atoms with E-state index in [2.05, 4.69) is 10.6 Å². The van der Waals surface area contributed by atoms with Crippen LogP contribution in [-0.2, 0) is 27.3 Å². The fourth-order valence-electron chi connectivity index (χ4n) is 3.32. The first-order valence-corrected chi connectivity index (χ1v) is 9.47. The van der Waals surface area contributed by atoms with Crippen molar-refractivity contribution in [1.29, 1.82) is 0 Å². The van der Waals surface area contributed by atoms with Gasteiger partial charge in [0.05, 0.1) is 5.92 Å². The molecule has 2 N–H and O–H groups in total.